The van der Waals surface area contributed by atoms with Crippen LogP contribution in [0, 0.1) is 5.92 Å². The van der Waals surface area contributed by atoms with Gasteiger partial charge in [0.2, 0.25) is 11.5 Å². The molecule has 2 aromatic rings. The van der Waals surface area contributed by atoms with Gasteiger partial charge in [-0.1, -0.05) is 63.2 Å². The zero-order chi connectivity index (χ0) is 22.6. The molecule has 4 nitrogen and oxygen atoms in total. The lowest BCUT2D eigenvalue weighted by atomic mass is 9.80. The van der Waals surface area contributed by atoms with Crippen molar-refractivity contribution in [1.82, 2.24) is 0 Å². The topological polar surface area (TPSA) is 44.8 Å². The van der Waals surface area contributed by atoms with Crippen LogP contribution < -0.4 is 4.74 Å². The summed E-state index contributed by atoms with van der Waals surface area (Å²) in [6.45, 7) is 7.26. The summed E-state index contributed by atoms with van der Waals surface area (Å²) in [7, 11) is 0. The van der Waals surface area contributed by atoms with Crippen molar-refractivity contribution >= 4 is 5.78 Å². The highest BCUT2D eigenvalue weighted by molar-refractivity contribution is 5.96. The van der Waals surface area contributed by atoms with Crippen LogP contribution in [-0.4, -0.2) is 24.6 Å². The van der Waals surface area contributed by atoms with E-state index in [0.717, 1.165) is 38.7 Å². The highest BCUT2D eigenvalue weighted by Gasteiger charge is 2.41. The fourth-order valence-electron chi connectivity index (χ4n) is 4.48. The molecule has 2 aliphatic rings. The van der Waals surface area contributed by atoms with E-state index in [0.29, 0.717) is 11.5 Å². The first-order valence-electron chi connectivity index (χ1n) is 11.7. The summed E-state index contributed by atoms with van der Waals surface area (Å²) in [5.41, 5.74) is 2.65. The second-order valence-electron chi connectivity index (χ2n) is 9.90. The summed E-state index contributed by atoms with van der Waals surface area (Å²) >= 11 is 0. The van der Waals surface area contributed by atoms with E-state index in [1.807, 2.05) is 30.3 Å². The van der Waals surface area contributed by atoms with Crippen LogP contribution in [0.1, 0.15) is 57.6 Å². The van der Waals surface area contributed by atoms with Crippen LogP contribution >= 0.6 is 0 Å². The van der Waals surface area contributed by atoms with Gasteiger partial charge in [-0.05, 0) is 54.4 Å². The minimum Gasteiger partial charge on any atom is -0.493 e. The Morgan fingerprint density at radius 1 is 1.00 bits per heavy atom. The van der Waals surface area contributed by atoms with Crippen LogP contribution in [0.25, 0.3) is 0 Å². The summed E-state index contributed by atoms with van der Waals surface area (Å²) in [5.74, 6) is 0.865. The second kappa shape index (κ2) is 9.91. The predicted octanol–water partition coefficient (Wildman–Crippen LogP) is 5.99. The number of fused-ring (bicyclic) bond motifs is 1. The number of rotatable bonds is 7. The molecule has 0 spiro atoms. The summed E-state index contributed by atoms with van der Waals surface area (Å²) < 4.78 is 17.9. The number of allylic oxidation sites excluding steroid dienone is 1. The van der Waals surface area contributed by atoms with E-state index in [2.05, 4.69) is 45.0 Å². The van der Waals surface area contributed by atoms with Crippen LogP contribution in [0.4, 0.5) is 0 Å². The highest BCUT2D eigenvalue weighted by Crippen LogP contribution is 2.35. The molecule has 1 aliphatic heterocycles. The lowest BCUT2D eigenvalue weighted by Crippen LogP contribution is -2.42. The summed E-state index contributed by atoms with van der Waals surface area (Å²) in [6.07, 6.45) is 5.97. The minimum atomic E-state index is -0.145. The lowest BCUT2D eigenvalue weighted by Gasteiger charge is -2.37. The number of ether oxygens (including phenoxy) is 3. The Labute approximate surface area is 191 Å². The van der Waals surface area contributed by atoms with Gasteiger partial charge in [0.25, 0.3) is 0 Å². The number of ketones is 1. The Kier molecular flexibility index (Phi) is 7.00. The van der Waals surface area contributed by atoms with Crippen molar-refractivity contribution in [3.8, 4) is 5.75 Å². The van der Waals surface area contributed by atoms with Crippen LogP contribution in [0.3, 0.4) is 0 Å². The van der Waals surface area contributed by atoms with Gasteiger partial charge in [-0.3, -0.25) is 4.79 Å². The quantitative estimate of drug-likeness (QED) is 0.502. The van der Waals surface area contributed by atoms with Gasteiger partial charge in [0.1, 0.15) is 18.1 Å². The van der Waals surface area contributed by atoms with E-state index in [1.165, 1.54) is 17.4 Å². The molecular weight excluding hydrogens is 400 g/mol. The van der Waals surface area contributed by atoms with Crippen molar-refractivity contribution < 1.29 is 19.0 Å². The molecule has 1 fully saturated rings. The molecule has 3 atom stereocenters. The largest absolute Gasteiger partial charge is 0.493 e. The third-order valence-electron chi connectivity index (χ3n) is 6.43. The van der Waals surface area contributed by atoms with Crippen LogP contribution in [0.2, 0.25) is 0 Å². The number of hydrogen-bond acceptors (Lipinski definition) is 4. The van der Waals surface area contributed by atoms with E-state index < -0.39 is 0 Å². The van der Waals surface area contributed by atoms with Gasteiger partial charge >= 0.3 is 0 Å². The van der Waals surface area contributed by atoms with Gasteiger partial charge in [0, 0.05) is 13.0 Å². The average Bonchev–Trinajstić information content (AvgIpc) is 2.79. The zero-order valence-electron chi connectivity index (χ0n) is 19.4. The highest BCUT2D eigenvalue weighted by atomic mass is 16.5. The molecule has 0 bridgehead atoms. The van der Waals surface area contributed by atoms with Gasteiger partial charge in [-0.15, -0.1) is 0 Å². The summed E-state index contributed by atoms with van der Waals surface area (Å²) in [6, 6.07) is 18.4. The van der Waals surface area contributed by atoms with Gasteiger partial charge in [-0.25, -0.2) is 0 Å². The number of aryl methyl sites for hydroxylation is 1. The lowest BCUT2D eigenvalue weighted by molar-refractivity contribution is -0.133. The smallest absolute Gasteiger partial charge is 0.207 e. The SMILES string of the molecule is CC(C)(C)c1ccc(OC2=COC3CC(OCCCc4ccccc4)CCC3C2=O)cc1. The van der Waals surface area contributed by atoms with Gasteiger partial charge < -0.3 is 14.2 Å². The predicted molar refractivity (Wildman–Crippen MR) is 126 cm³/mol. The fourth-order valence-corrected chi connectivity index (χ4v) is 4.48. The Hall–Kier alpha value is -2.59. The van der Waals surface area contributed by atoms with Gasteiger partial charge in [-0.2, -0.15) is 0 Å². The first kappa shape index (κ1) is 22.6. The molecule has 4 heteroatoms. The Balaban J connectivity index is 1.26. The monoisotopic (exact) mass is 434 g/mol. The second-order valence-corrected chi connectivity index (χ2v) is 9.90. The molecular formula is C28H34O4. The van der Waals surface area contributed by atoms with Gasteiger partial charge in [0.15, 0.2) is 0 Å². The van der Waals surface area contributed by atoms with Crippen molar-refractivity contribution in [3.05, 3.63) is 77.7 Å². The molecule has 2 aromatic carbocycles. The van der Waals surface area contributed by atoms with Crippen molar-refractivity contribution in [2.24, 2.45) is 5.92 Å². The number of benzene rings is 2. The molecule has 4 rings (SSSR count). The maximum absolute atomic E-state index is 13.0. The molecule has 0 aromatic heterocycles. The standard InChI is InChI=1S/C28H34O4/c1-28(2,3)21-11-13-22(14-12-21)32-26-19-31-25-18-23(15-16-24(25)27(26)29)30-17-7-10-20-8-5-4-6-9-20/h4-6,8-9,11-14,19,23-25H,7,10,15-18H2,1-3H3. The maximum atomic E-state index is 13.0. The van der Waals surface area contributed by atoms with E-state index in [1.54, 1.807) is 0 Å². The molecule has 1 saturated carbocycles. The van der Waals surface area contributed by atoms with Crippen LogP contribution in [-0.2, 0) is 26.1 Å². The van der Waals surface area contributed by atoms with E-state index >= 15 is 0 Å². The molecule has 170 valence electrons. The zero-order valence-corrected chi connectivity index (χ0v) is 19.4. The van der Waals surface area contributed by atoms with E-state index in [-0.39, 0.29) is 29.3 Å². The average molecular weight is 435 g/mol. The number of Topliss-reactive ketones (excluding diaryl/α,β-unsaturated/α-hetero) is 1. The van der Waals surface area contributed by atoms with Gasteiger partial charge in [0.05, 0.1) is 12.0 Å². The fraction of sp³-hybridized carbons (Fsp3) is 0.464. The third-order valence-corrected chi connectivity index (χ3v) is 6.43. The van der Waals surface area contributed by atoms with E-state index in [4.69, 9.17) is 14.2 Å². The molecule has 0 N–H and O–H groups in total. The van der Waals surface area contributed by atoms with E-state index in [9.17, 15) is 4.79 Å². The molecule has 0 radical (unpaired) electrons. The number of hydrogen-bond donors (Lipinski definition) is 0. The summed E-state index contributed by atoms with van der Waals surface area (Å²) in [4.78, 5) is 13.0. The normalized spacial score (nSPS) is 23.2. The molecule has 1 aliphatic carbocycles. The maximum Gasteiger partial charge on any atom is 0.207 e. The molecule has 0 amide bonds. The molecule has 1 heterocycles. The van der Waals surface area contributed by atoms with Crippen molar-refractivity contribution in [2.45, 2.75) is 70.5 Å². The Morgan fingerprint density at radius 3 is 2.47 bits per heavy atom. The van der Waals surface area contributed by atoms with Crippen molar-refractivity contribution in [3.63, 3.8) is 0 Å². The first-order chi connectivity index (χ1) is 15.4. The molecule has 3 unspecified atom stereocenters. The molecule has 0 saturated heterocycles. The molecule has 32 heavy (non-hydrogen) atoms. The Morgan fingerprint density at radius 2 is 1.75 bits per heavy atom. The van der Waals surface area contributed by atoms with Crippen molar-refractivity contribution in [2.75, 3.05) is 6.61 Å². The van der Waals surface area contributed by atoms with Crippen molar-refractivity contribution in [1.29, 1.82) is 0 Å². The number of carbonyl (C=O) groups is 1. The van der Waals surface area contributed by atoms with Crippen LogP contribution in [0.15, 0.2) is 66.6 Å². The minimum absolute atomic E-state index is 0.0451. The first-order valence-corrected chi connectivity index (χ1v) is 11.7. The van der Waals surface area contributed by atoms with Crippen LogP contribution in [0.5, 0.6) is 5.75 Å². The Bertz CT molecular complexity index is 924. The summed E-state index contributed by atoms with van der Waals surface area (Å²) in [5, 5.41) is 0. The number of carbonyl (C=O) groups excluding carboxylic acids is 1. The third kappa shape index (κ3) is 5.60.